The van der Waals surface area contributed by atoms with Crippen molar-refractivity contribution in [3.63, 3.8) is 0 Å². The molecular weight excluding hydrogens is 420 g/mol. The third-order valence-electron chi connectivity index (χ3n) is 5.88. The number of carbonyl (C=O) groups is 1. The van der Waals surface area contributed by atoms with Gasteiger partial charge in [0.1, 0.15) is 13.2 Å². The smallest absolute Gasteiger partial charge is 0.295 e. The number of aromatic nitrogens is 2. The molecule has 1 amide bonds. The lowest BCUT2D eigenvalue weighted by Gasteiger charge is -2.20. The van der Waals surface area contributed by atoms with Crippen molar-refractivity contribution in [1.82, 2.24) is 20.6 Å². The van der Waals surface area contributed by atoms with Crippen molar-refractivity contribution in [2.75, 3.05) is 31.2 Å². The Hall–Kier alpha value is -3.22. The third-order valence-corrected chi connectivity index (χ3v) is 5.88. The van der Waals surface area contributed by atoms with Crippen molar-refractivity contribution >= 4 is 11.7 Å². The van der Waals surface area contributed by atoms with Crippen LogP contribution in [0.1, 0.15) is 47.3 Å². The first-order chi connectivity index (χ1) is 16.0. The number of pyridine rings is 2. The van der Waals surface area contributed by atoms with E-state index in [9.17, 15) is 10.1 Å². The van der Waals surface area contributed by atoms with E-state index in [0.29, 0.717) is 24.7 Å². The molecule has 0 saturated carbocycles. The summed E-state index contributed by atoms with van der Waals surface area (Å²) in [5.41, 5.74) is 1.82. The number of nitrogens with one attached hydrogen (secondary N) is 2. The van der Waals surface area contributed by atoms with Crippen molar-refractivity contribution < 1.29 is 14.3 Å². The SMILES string of the molecule is Cc1cnc(C(=O)N(C#N)c2ncc(C)cc2OC[C@@H]2CCCN2)c(OC[C@@H]2CCCN2)c1. The highest BCUT2D eigenvalue weighted by Gasteiger charge is 2.28. The van der Waals surface area contributed by atoms with E-state index < -0.39 is 5.91 Å². The van der Waals surface area contributed by atoms with Gasteiger partial charge in [-0.15, -0.1) is 0 Å². The molecule has 0 radical (unpaired) electrons. The standard InChI is InChI=1S/C24H30N6O3/c1-16-9-20(32-13-18-5-3-7-26-18)22(28-11-16)24(31)30(15-25)23-21(10-17(2)12-29-23)33-14-19-6-4-8-27-19/h9-12,18-19,26-27H,3-8,13-14H2,1-2H3/t18-,19-/m0/s1. The van der Waals surface area contributed by atoms with Gasteiger partial charge in [-0.2, -0.15) is 10.2 Å². The molecule has 2 aliphatic heterocycles. The van der Waals surface area contributed by atoms with Gasteiger partial charge in [-0.3, -0.25) is 4.79 Å². The molecule has 2 aromatic heterocycles. The summed E-state index contributed by atoms with van der Waals surface area (Å²) >= 11 is 0. The molecule has 0 spiro atoms. The minimum atomic E-state index is -0.605. The summed E-state index contributed by atoms with van der Waals surface area (Å²) < 4.78 is 12.0. The Morgan fingerprint density at radius 2 is 1.61 bits per heavy atom. The van der Waals surface area contributed by atoms with Gasteiger partial charge in [-0.25, -0.2) is 9.97 Å². The van der Waals surface area contributed by atoms with Crippen LogP contribution in [-0.2, 0) is 0 Å². The zero-order valence-corrected chi connectivity index (χ0v) is 19.1. The van der Waals surface area contributed by atoms with Gasteiger partial charge in [-0.05, 0) is 75.9 Å². The summed E-state index contributed by atoms with van der Waals surface area (Å²) in [7, 11) is 0. The topological polar surface area (TPSA) is 112 Å². The van der Waals surface area contributed by atoms with E-state index in [4.69, 9.17) is 9.47 Å². The molecule has 2 saturated heterocycles. The quantitative estimate of drug-likeness (QED) is 0.466. The number of ether oxygens (including phenoxy) is 2. The van der Waals surface area contributed by atoms with E-state index in [2.05, 4.69) is 20.6 Å². The summed E-state index contributed by atoms with van der Waals surface area (Å²) in [6.45, 7) is 6.58. The maximum atomic E-state index is 13.4. The summed E-state index contributed by atoms with van der Waals surface area (Å²) in [6.07, 6.45) is 9.42. The third kappa shape index (κ3) is 5.59. The average molecular weight is 451 g/mol. The van der Waals surface area contributed by atoms with E-state index in [1.165, 1.54) is 0 Å². The van der Waals surface area contributed by atoms with E-state index in [0.717, 1.165) is 54.8 Å². The maximum Gasteiger partial charge on any atom is 0.295 e. The van der Waals surface area contributed by atoms with Gasteiger partial charge in [0.05, 0.1) is 0 Å². The van der Waals surface area contributed by atoms with Crippen LogP contribution >= 0.6 is 0 Å². The van der Waals surface area contributed by atoms with Crippen LogP contribution in [-0.4, -0.2) is 54.3 Å². The molecule has 0 bridgehead atoms. The molecule has 2 fully saturated rings. The van der Waals surface area contributed by atoms with E-state index in [1.807, 2.05) is 20.0 Å². The number of hydrogen-bond acceptors (Lipinski definition) is 8. The normalized spacial score (nSPS) is 19.8. The van der Waals surface area contributed by atoms with Crippen LogP contribution in [0.5, 0.6) is 11.5 Å². The first-order valence-electron chi connectivity index (χ1n) is 11.4. The molecular formula is C24H30N6O3. The molecule has 0 aliphatic carbocycles. The molecule has 4 heterocycles. The molecule has 0 aromatic carbocycles. The van der Waals surface area contributed by atoms with E-state index in [-0.39, 0.29) is 23.6 Å². The first-order valence-corrected chi connectivity index (χ1v) is 11.4. The Morgan fingerprint density at radius 3 is 2.18 bits per heavy atom. The van der Waals surface area contributed by atoms with Crippen LogP contribution in [0, 0.1) is 25.3 Å². The predicted molar refractivity (Wildman–Crippen MR) is 123 cm³/mol. The Bertz CT molecular complexity index is 1030. The molecule has 9 heteroatoms. The van der Waals surface area contributed by atoms with Gasteiger partial charge >= 0.3 is 0 Å². The summed E-state index contributed by atoms with van der Waals surface area (Å²) in [5, 5.41) is 16.7. The Balaban J connectivity index is 1.57. The monoisotopic (exact) mass is 450 g/mol. The van der Waals surface area contributed by atoms with Gasteiger partial charge in [0, 0.05) is 24.5 Å². The number of amides is 1. The second-order valence-electron chi connectivity index (χ2n) is 8.64. The van der Waals surface area contributed by atoms with Crippen LogP contribution in [0.15, 0.2) is 24.5 Å². The summed E-state index contributed by atoms with van der Waals surface area (Å²) in [5.74, 6) is 0.297. The fourth-order valence-electron chi connectivity index (χ4n) is 4.10. The second kappa shape index (κ2) is 10.6. The van der Waals surface area contributed by atoms with Crippen LogP contribution in [0.4, 0.5) is 5.82 Å². The van der Waals surface area contributed by atoms with E-state index in [1.54, 1.807) is 24.5 Å². The minimum Gasteiger partial charge on any atom is -0.489 e. The number of aryl methyl sites for hydroxylation is 2. The summed E-state index contributed by atoms with van der Waals surface area (Å²) in [4.78, 5) is 23.0. The minimum absolute atomic E-state index is 0.0749. The van der Waals surface area contributed by atoms with Gasteiger partial charge in [0.2, 0.25) is 0 Å². The molecule has 0 unspecified atom stereocenters. The Labute approximate surface area is 194 Å². The number of hydrogen-bond donors (Lipinski definition) is 2. The lowest BCUT2D eigenvalue weighted by Crippen LogP contribution is -2.31. The predicted octanol–water partition coefficient (Wildman–Crippen LogP) is 2.48. The molecule has 2 N–H and O–H groups in total. The molecule has 4 rings (SSSR count). The number of rotatable bonds is 8. The van der Waals surface area contributed by atoms with Gasteiger partial charge < -0.3 is 20.1 Å². The second-order valence-corrected chi connectivity index (χ2v) is 8.64. The van der Waals surface area contributed by atoms with Crippen LogP contribution < -0.4 is 25.0 Å². The highest BCUT2D eigenvalue weighted by molar-refractivity contribution is 6.08. The van der Waals surface area contributed by atoms with Crippen molar-refractivity contribution in [3.05, 3.63) is 41.3 Å². The molecule has 174 valence electrons. The van der Waals surface area contributed by atoms with E-state index >= 15 is 0 Å². The fraction of sp³-hybridized carbons (Fsp3) is 0.500. The Kier molecular flexibility index (Phi) is 7.37. The van der Waals surface area contributed by atoms with Crippen molar-refractivity contribution in [2.45, 2.75) is 51.6 Å². The van der Waals surface area contributed by atoms with Crippen molar-refractivity contribution in [2.24, 2.45) is 0 Å². The van der Waals surface area contributed by atoms with Crippen LogP contribution in [0.2, 0.25) is 0 Å². The van der Waals surface area contributed by atoms with Crippen molar-refractivity contribution in [3.8, 4) is 17.7 Å². The highest BCUT2D eigenvalue weighted by Crippen LogP contribution is 2.30. The van der Waals surface area contributed by atoms with Crippen molar-refractivity contribution in [1.29, 1.82) is 5.26 Å². The molecule has 2 aromatic rings. The van der Waals surface area contributed by atoms with Crippen LogP contribution in [0.25, 0.3) is 0 Å². The fourth-order valence-corrected chi connectivity index (χ4v) is 4.10. The van der Waals surface area contributed by atoms with Gasteiger partial charge in [0.25, 0.3) is 5.91 Å². The average Bonchev–Trinajstić information content (AvgIpc) is 3.52. The van der Waals surface area contributed by atoms with Crippen LogP contribution in [0.3, 0.4) is 0 Å². The number of nitrogens with zero attached hydrogens (tertiary/aromatic N) is 4. The number of anilines is 1. The summed E-state index contributed by atoms with van der Waals surface area (Å²) in [6, 6.07) is 4.05. The highest BCUT2D eigenvalue weighted by atomic mass is 16.5. The first kappa shape index (κ1) is 23.0. The molecule has 33 heavy (non-hydrogen) atoms. The number of carbonyl (C=O) groups excluding carboxylic acids is 1. The lowest BCUT2D eigenvalue weighted by atomic mass is 10.2. The largest absolute Gasteiger partial charge is 0.489 e. The Morgan fingerprint density at radius 1 is 1.03 bits per heavy atom. The number of nitriles is 1. The van der Waals surface area contributed by atoms with Gasteiger partial charge in [-0.1, -0.05) is 0 Å². The lowest BCUT2D eigenvalue weighted by molar-refractivity contribution is 0.0988. The molecule has 2 atom stereocenters. The van der Waals surface area contributed by atoms with Gasteiger partial charge in [0.15, 0.2) is 29.2 Å². The molecule has 9 nitrogen and oxygen atoms in total. The zero-order valence-electron chi connectivity index (χ0n) is 19.1. The molecule has 2 aliphatic rings. The zero-order chi connectivity index (χ0) is 23.2. The maximum absolute atomic E-state index is 13.4.